The molecule has 0 N–H and O–H groups in total. The second-order valence-corrected chi connectivity index (χ2v) is 6.12. The molecule has 1 aromatic heterocycles. The third-order valence-electron chi connectivity index (χ3n) is 3.38. The van der Waals surface area contributed by atoms with E-state index in [9.17, 15) is 14.4 Å². The number of aliphatic imine (C=N–C) groups is 1. The van der Waals surface area contributed by atoms with E-state index in [2.05, 4.69) is 4.99 Å². The maximum atomic E-state index is 12.1. The van der Waals surface area contributed by atoms with Gasteiger partial charge < -0.3 is 4.74 Å². The van der Waals surface area contributed by atoms with Gasteiger partial charge in [-0.2, -0.15) is 0 Å². The summed E-state index contributed by atoms with van der Waals surface area (Å²) in [6.45, 7) is 2.17. The zero-order valence-corrected chi connectivity index (χ0v) is 13.7. The molecule has 1 aliphatic rings. The van der Waals surface area contributed by atoms with Crippen molar-refractivity contribution in [1.82, 2.24) is 9.13 Å². The Morgan fingerprint density at radius 2 is 2.05 bits per heavy atom. The van der Waals surface area contributed by atoms with Crippen molar-refractivity contribution in [3.8, 4) is 0 Å². The molecular formula is C14H19N3O4S. The highest BCUT2D eigenvalue weighted by Crippen LogP contribution is 2.26. The Morgan fingerprint density at radius 3 is 2.73 bits per heavy atom. The minimum absolute atomic E-state index is 0.198. The monoisotopic (exact) mass is 325 g/mol. The molecule has 22 heavy (non-hydrogen) atoms. The van der Waals surface area contributed by atoms with Gasteiger partial charge in [-0.05, 0) is 19.1 Å². The fourth-order valence-corrected chi connectivity index (χ4v) is 3.15. The van der Waals surface area contributed by atoms with Gasteiger partial charge in [0.1, 0.15) is 5.82 Å². The molecule has 0 fully saturated rings. The number of aromatic nitrogens is 2. The van der Waals surface area contributed by atoms with Gasteiger partial charge in [0.2, 0.25) is 0 Å². The Hall–Kier alpha value is -1.83. The van der Waals surface area contributed by atoms with E-state index in [1.165, 1.54) is 23.4 Å². The Labute approximate surface area is 132 Å². The van der Waals surface area contributed by atoms with E-state index in [0.717, 1.165) is 15.4 Å². The summed E-state index contributed by atoms with van der Waals surface area (Å²) in [5, 5.41) is 0.803. The van der Waals surface area contributed by atoms with Crippen LogP contribution in [0.25, 0.3) is 0 Å². The second-order valence-electron chi connectivity index (χ2n) is 4.95. The number of thioether (sulfide) groups is 1. The Balaban J connectivity index is 1.98. The van der Waals surface area contributed by atoms with Gasteiger partial charge in [-0.15, -0.1) is 11.8 Å². The van der Waals surface area contributed by atoms with Gasteiger partial charge in [0.15, 0.2) is 0 Å². The van der Waals surface area contributed by atoms with Crippen molar-refractivity contribution in [3.63, 3.8) is 0 Å². The van der Waals surface area contributed by atoms with E-state index >= 15 is 0 Å². The summed E-state index contributed by atoms with van der Waals surface area (Å²) in [4.78, 5) is 39.5. The molecule has 0 spiro atoms. The van der Waals surface area contributed by atoms with Gasteiger partial charge in [-0.3, -0.25) is 18.7 Å². The molecule has 0 amide bonds. The average Bonchev–Trinajstić information content (AvgIpc) is 2.92. The van der Waals surface area contributed by atoms with Crippen molar-refractivity contribution in [3.05, 3.63) is 26.4 Å². The van der Waals surface area contributed by atoms with Gasteiger partial charge >= 0.3 is 11.7 Å². The molecule has 7 nitrogen and oxygen atoms in total. The van der Waals surface area contributed by atoms with Crippen molar-refractivity contribution in [2.24, 2.45) is 19.1 Å². The molecule has 0 aromatic carbocycles. The number of fused-ring (bicyclic) bond motifs is 1. The van der Waals surface area contributed by atoms with Crippen molar-refractivity contribution >= 4 is 28.6 Å². The molecule has 0 saturated heterocycles. The van der Waals surface area contributed by atoms with Crippen LogP contribution >= 0.6 is 11.8 Å². The first-order chi connectivity index (χ1) is 10.5. The lowest BCUT2D eigenvalue weighted by molar-refractivity contribution is -0.143. The Bertz CT molecular complexity index is 733. The zero-order chi connectivity index (χ0) is 16.3. The average molecular weight is 325 g/mol. The number of carbonyl (C=O) groups excluding carboxylic acids is 1. The maximum absolute atomic E-state index is 12.1. The molecule has 120 valence electrons. The molecule has 0 unspecified atom stereocenters. The van der Waals surface area contributed by atoms with Crippen molar-refractivity contribution in [2.45, 2.75) is 26.2 Å². The van der Waals surface area contributed by atoms with Gasteiger partial charge in [0.05, 0.1) is 17.2 Å². The molecule has 0 radical (unpaired) electrons. The third-order valence-corrected chi connectivity index (χ3v) is 4.44. The molecule has 0 atom stereocenters. The van der Waals surface area contributed by atoms with Crippen LogP contribution in [0.5, 0.6) is 0 Å². The summed E-state index contributed by atoms with van der Waals surface area (Å²) in [7, 11) is 3.08. The summed E-state index contributed by atoms with van der Waals surface area (Å²) in [5.41, 5.74) is -0.109. The highest BCUT2D eigenvalue weighted by Gasteiger charge is 2.23. The van der Waals surface area contributed by atoms with Gasteiger partial charge in [-0.25, -0.2) is 9.79 Å². The van der Waals surface area contributed by atoms with E-state index < -0.39 is 0 Å². The summed E-state index contributed by atoms with van der Waals surface area (Å²) in [5.74, 6) is 0.969. The molecule has 1 aromatic rings. The number of rotatable bonds is 5. The van der Waals surface area contributed by atoms with E-state index in [0.29, 0.717) is 37.3 Å². The first kappa shape index (κ1) is 16.5. The van der Waals surface area contributed by atoms with Crippen LogP contribution in [0.2, 0.25) is 0 Å². The topological polar surface area (TPSA) is 82.7 Å². The highest BCUT2D eigenvalue weighted by molar-refractivity contribution is 8.14. The van der Waals surface area contributed by atoms with Crippen LogP contribution in [0.15, 0.2) is 14.6 Å². The van der Waals surface area contributed by atoms with Crippen molar-refractivity contribution in [2.75, 3.05) is 12.4 Å². The predicted octanol–water partition coefficient (Wildman–Crippen LogP) is 0.747. The van der Waals surface area contributed by atoms with E-state index in [-0.39, 0.29) is 17.2 Å². The lowest BCUT2D eigenvalue weighted by atomic mass is 10.2. The van der Waals surface area contributed by atoms with Gasteiger partial charge in [0.25, 0.3) is 5.56 Å². The van der Waals surface area contributed by atoms with E-state index in [1.807, 2.05) is 0 Å². The number of carbonyl (C=O) groups is 1. The van der Waals surface area contributed by atoms with Crippen molar-refractivity contribution in [1.29, 1.82) is 0 Å². The molecule has 2 rings (SSSR count). The smallest absolute Gasteiger partial charge is 0.332 e. The molecule has 0 saturated carbocycles. The maximum Gasteiger partial charge on any atom is 0.332 e. The molecular weight excluding hydrogens is 306 g/mol. The normalized spacial score (nSPS) is 13.0. The fourth-order valence-electron chi connectivity index (χ4n) is 2.23. The van der Waals surface area contributed by atoms with Crippen LogP contribution in [-0.2, 0) is 30.0 Å². The molecule has 0 aliphatic carbocycles. The van der Waals surface area contributed by atoms with E-state index in [1.54, 1.807) is 14.0 Å². The SMILES string of the molecule is CCOC(=O)CCCSC1=Nc2c(c(=O)n(C)c(=O)n2C)C1. The first-order valence-electron chi connectivity index (χ1n) is 7.10. The minimum atomic E-state index is -0.374. The van der Waals surface area contributed by atoms with Crippen LogP contribution in [-0.4, -0.2) is 32.5 Å². The van der Waals surface area contributed by atoms with Gasteiger partial charge in [0, 0.05) is 26.9 Å². The van der Waals surface area contributed by atoms with Crippen LogP contribution < -0.4 is 11.2 Å². The number of nitrogens with zero attached hydrogens (tertiary/aromatic N) is 3. The molecule has 1 aliphatic heterocycles. The summed E-state index contributed by atoms with van der Waals surface area (Å²) >= 11 is 1.51. The number of hydrogen-bond donors (Lipinski definition) is 0. The Morgan fingerprint density at radius 1 is 1.32 bits per heavy atom. The van der Waals surface area contributed by atoms with Crippen LogP contribution in [0.1, 0.15) is 25.3 Å². The van der Waals surface area contributed by atoms with E-state index in [4.69, 9.17) is 4.74 Å². The minimum Gasteiger partial charge on any atom is -0.466 e. The fraction of sp³-hybridized carbons (Fsp3) is 0.571. The summed E-state index contributed by atoms with van der Waals surface area (Å²) in [6.07, 6.45) is 1.51. The lowest BCUT2D eigenvalue weighted by Crippen LogP contribution is -2.38. The van der Waals surface area contributed by atoms with Crippen LogP contribution in [0, 0.1) is 0 Å². The molecule has 8 heteroatoms. The first-order valence-corrected chi connectivity index (χ1v) is 8.09. The predicted molar refractivity (Wildman–Crippen MR) is 86.0 cm³/mol. The number of ether oxygens (including phenoxy) is 1. The number of esters is 1. The van der Waals surface area contributed by atoms with Crippen LogP contribution in [0.3, 0.4) is 0 Å². The largest absolute Gasteiger partial charge is 0.466 e. The zero-order valence-electron chi connectivity index (χ0n) is 12.9. The quantitative estimate of drug-likeness (QED) is 0.589. The molecule has 2 heterocycles. The number of hydrogen-bond acceptors (Lipinski definition) is 6. The van der Waals surface area contributed by atoms with Crippen LogP contribution in [0.4, 0.5) is 5.82 Å². The second kappa shape index (κ2) is 6.95. The summed E-state index contributed by atoms with van der Waals surface area (Å²) < 4.78 is 7.35. The molecule has 0 bridgehead atoms. The Kier molecular flexibility index (Phi) is 5.23. The lowest BCUT2D eigenvalue weighted by Gasteiger charge is -2.05. The third kappa shape index (κ3) is 3.32. The standard InChI is InChI=1S/C14H19N3O4S/c1-4-21-11(18)6-5-7-22-10-8-9-12(15-10)16(2)14(20)17(3)13(9)19/h4-8H2,1-3H3. The van der Waals surface area contributed by atoms with Crippen molar-refractivity contribution < 1.29 is 9.53 Å². The highest BCUT2D eigenvalue weighted by atomic mass is 32.2. The van der Waals surface area contributed by atoms with Gasteiger partial charge in [-0.1, -0.05) is 0 Å². The summed E-state index contributed by atoms with van der Waals surface area (Å²) in [6, 6.07) is 0.